The summed E-state index contributed by atoms with van der Waals surface area (Å²) >= 11 is 0. The number of piperidine rings is 1. The van der Waals surface area contributed by atoms with Crippen LogP contribution in [0.15, 0.2) is 12.1 Å². The molecular weight excluding hydrogens is 388 g/mol. The molecule has 4 rings (SSSR count). The van der Waals surface area contributed by atoms with Crippen molar-refractivity contribution in [3.8, 4) is 0 Å². The van der Waals surface area contributed by atoms with Crippen LogP contribution in [0.3, 0.4) is 0 Å². The zero-order chi connectivity index (χ0) is 20.5. The van der Waals surface area contributed by atoms with E-state index in [0.717, 1.165) is 18.6 Å². The summed E-state index contributed by atoms with van der Waals surface area (Å²) in [6.07, 6.45) is -0.0613. The minimum atomic E-state index is -1.03. The first kappa shape index (κ1) is 19.6. The quantitative estimate of drug-likeness (QED) is 0.726. The van der Waals surface area contributed by atoms with Crippen molar-refractivity contribution in [1.29, 1.82) is 0 Å². The molecule has 8 nitrogen and oxygen atoms in total. The van der Waals surface area contributed by atoms with E-state index in [0.29, 0.717) is 32.0 Å². The predicted molar refractivity (Wildman–Crippen MR) is 96.3 cm³/mol. The Morgan fingerprint density at radius 3 is 2.55 bits per heavy atom. The minimum Gasteiger partial charge on any atom is -0.442 e. The highest BCUT2D eigenvalue weighted by molar-refractivity contribution is 6.01. The van der Waals surface area contributed by atoms with Gasteiger partial charge in [0, 0.05) is 24.3 Å². The van der Waals surface area contributed by atoms with E-state index in [-0.39, 0.29) is 30.6 Å². The lowest BCUT2D eigenvalue weighted by Gasteiger charge is -2.40. The second-order valence-corrected chi connectivity index (χ2v) is 7.46. The van der Waals surface area contributed by atoms with Gasteiger partial charge in [-0.2, -0.15) is 0 Å². The van der Waals surface area contributed by atoms with E-state index >= 15 is 0 Å². The number of nitrogens with zero attached hydrogens (tertiary/aromatic N) is 1. The number of amides is 3. The maximum atomic E-state index is 14.6. The summed E-state index contributed by atoms with van der Waals surface area (Å²) in [6, 6.07) is 2.27. The first-order valence-corrected chi connectivity index (χ1v) is 9.53. The minimum absolute atomic E-state index is 0.0389. The van der Waals surface area contributed by atoms with Gasteiger partial charge in [0.05, 0.1) is 31.7 Å². The van der Waals surface area contributed by atoms with Crippen LogP contribution in [0.25, 0.3) is 0 Å². The van der Waals surface area contributed by atoms with E-state index in [9.17, 15) is 23.2 Å². The largest absolute Gasteiger partial charge is 0.442 e. The number of halogens is 2. The third-order valence-electron chi connectivity index (χ3n) is 5.39. The zero-order valence-corrected chi connectivity index (χ0v) is 15.6. The summed E-state index contributed by atoms with van der Waals surface area (Å²) in [4.78, 5) is 36.7. The van der Waals surface area contributed by atoms with E-state index in [4.69, 9.17) is 9.47 Å². The number of carbonyl (C=O) groups is 3. The van der Waals surface area contributed by atoms with Gasteiger partial charge in [0.1, 0.15) is 17.7 Å². The SMILES string of the molecule is O=C1CCC(c2c(F)cc(N3CC(OC(=O)N[C@@H]4CCOC4)C3)cc2F)C(=O)N1. The molecule has 0 aromatic heterocycles. The van der Waals surface area contributed by atoms with Gasteiger partial charge in [-0.25, -0.2) is 13.6 Å². The molecule has 3 saturated heterocycles. The Morgan fingerprint density at radius 1 is 1.21 bits per heavy atom. The summed E-state index contributed by atoms with van der Waals surface area (Å²) in [5.41, 5.74) is -0.0225. The molecule has 0 saturated carbocycles. The van der Waals surface area contributed by atoms with Crippen molar-refractivity contribution < 1.29 is 32.6 Å². The number of nitrogens with one attached hydrogen (secondary N) is 2. The van der Waals surface area contributed by atoms with Crippen LogP contribution >= 0.6 is 0 Å². The first-order valence-electron chi connectivity index (χ1n) is 9.53. The Labute approximate surface area is 165 Å². The normalized spacial score (nSPS) is 24.8. The number of hydrogen-bond acceptors (Lipinski definition) is 6. The third kappa shape index (κ3) is 4.16. The molecule has 1 unspecified atom stereocenters. The molecule has 156 valence electrons. The Bertz CT molecular complexity index is 814. The average Bonchev–Trinajstić information content (AvgIpc) is 3.11. The maximum Gasteiger partial charge on any atom is 0.407 e. The summed E-state index contributed by atoms with van der Waals surface area (Å²) < 4.78 is 39.6. The second kappa shape index (κ2) is 7.94. The van der Waals surface area contributed by atoms with Gasteiger partial charge >= 0.3 is 6.09 Å². The van der Waals surface area contributed by atoms with Crippen molar-refractivity contribution in [3.63, 3.8) is 0 Å². The Kier molecular flexibility index (Phi) is 5.35. The molecule has 0 aliphatic carbocycles. The molecule has 3 aliphatic rings. The Morgan fingerprint density at radius 2 is 1.93 bits per heavy atom. The van der Waals surface area contributed by atoms with E-state index in [1.165, 1.54) is 0 Å². The van der Waals surface area contributed by atoms with Crippen LogP contribution in [0.2, 0.25) is 0 Å². The molecule has 3 amide bonds. The fourth-order valence-corrected chi connectivity index (χ4v) is 3.78. The molecule has 3 heterocycles. The fourth-order valence-electron chi connectivity index (χ4n) is 3.78. The van der Waals surface area contributed by atoms with Crippen LogP contribution in [-0.4, -0.2) is 56.4 Å². The van der Waals surface area contributed by atoms with Gasteiger partial charge in [-0.1, -0.05) is 0 Å². The Hall–Kier alpha value is -2.75. The molecule has 10 heteroatoms. The van der Waals surface area contributed by atoms with Crippen LogP contribution < -0.4 is 15.5 Å². The van der Waals surface area contributed by atoms with Crippen molar-refractivity contribution in [2.45, 2.75) is 37.3 Å². The number of ether oxygens (including phenoxy) is 2. The van der Waals surface area contributed by atoms with E-state index < -0.39 is 35.5 Å². The van der Waals surface area contributed by atoms with E-state index in [1.807, 2.05) is 0 Å². The van der Waals surface area contributed by atoms with E-state index in [2.05, 4.69) is 10.6 Å². The lowest BCUT2D eigenvalue weighted by Crippen LogP contribution is -2.54. The summed E-state index contributed by atoms with van der Waals surface area (Å²) in [5.74, 6) is -3.84. The summed E-state index contributed by atoms with van der Waals surface area (Å²) in [6.45, 7) is 1.69. The van der Waals surface area contributed by atoms with Gasteiger partial charge in [0.2, 0.25) is 11.8 Å². The van der Waals surface area contributed by atoms with Crippen LogP contribution in [-0.2, 0) is 19.1 Å². The smallest absolute Gasteiger partial charge is 0.407 e. The topological polar surface area (TPSA) is 97.0 Å². The van der Waals surface area contributed by atoms with Gasteiger partial charge < -0.3 is 19.7 Å². The monoisotopic (exact) mass is 409 g/mol. The number of hydrogen-bond donors (Lipinski definition) is 2. The van der Waals surface area contributed by atoms with Gasteiger partial charge in [-0.3, -0.25) is 14.9 Å². The molecule has 1 aromatic rings. The van der Waals surface area contributed by atoms with Crippen LogP contribution in [0.4, 0.5) is 19.3 Å². The number of imide groups is 1. The third-order valence-corrected chi connectivity index (χ3v) is 5.39. The summed E-state index contributed by atoms with van der Waals surface area (Å²) in [7, 11) is 0. The van der Waals surface area contributed by atoms with Gasteiger partial charge in [-0.15, -0.1) is 0 Å². The lowest BCUT2D eigenvalue weighted by molar-refractivity contribution is -0.134. The molecule has 0 radical (unpaired) electrons. The number of carbonyl (C=O) groups excluding carboxylic acids is 3. The predicted octanol–water partition coefficient (Wildman–Crippen LogP) is 1.19. The standard InChI is InChI=1S/C19H21F2N3O5/c20-14-5-11(6-15(21)17(14)13-1-2-16(25)23-18(13)26)24-7-12(8-24)29-19(27)22-10-3-4-28-9-10/h5-6,10,12-13H,1-4,7-9H2,(H,22,27)(H,23,25,26)/t10-,13?/m1/s1. The molecule has 29 heavy (non-hydrogen) atoms. The average molecular weight is 409 g/mol. The first-order chi connectivity index (χ1) is 13.9. The number of alkyl carbamates (subject to hydrolysis) is 1. The molecule has 0 spiro atoms. The number of anilines is 1. The highest BCUT2D eigenvalue weighted by Gasteiger charge is 2.35. The number of benzene rings is 1. The molecule has 2 atom stereocenters. The second-order valence-electron chi connectivity index (χ2n) is 7.46. The van der Waals surface area contributed by atoms with Crippen molar-refractivity contribution >= 4 is 23.6 Å². The van der Waals surface area contributed by atoms with Crippen molar-refractivity contribution in [2.24, 2.45) is 0 Å². The molecule has 1 aromatic carbocycles. The molecular formula is C19H21F2N3O5. The fraction of sp³-hybridized carbons (Fsp3) is 0.526. The van der Waals surface area contributed by atoms with Crippen LogP contribution in [0.5, 0.6) is 0 Å². The van der Waals surface area contributed by atoms with E-state index in [1.54, 1.807) is 4.90 Å². The molecule has 2 N–H and O–H groups in total. The van der Waals surface area contributed by atoms with Gasteiger partial charge in [-0.05, 0) is 25.0 Å². The Balaban J connectivity index is 1.35. The van der Waals surface area contributed by atoms with Crippen molar-refractivity contribution in [3.05, 3.63) is 29.3 Å². The van der Waals surface area contributed by atoms with Crippen molar-refractivity contribution in [1.82, 2.24) is 10.6 Å². The zero-order valence-electron chi connectivity index (χ0n) is 15.6. The molecule has 3 fully saturated rings. The highest BCUT2D eigenvalue weighted by Crippen LogP contribution is 2.33. The maximum absolute atomic E-state index is 14.6. The molecule has 0 bridgehead atoms. The lowest BCUT2D eigenvalue weighted by atomic mass is 9.89. The van der Waals surface area contributed by atoms with Crippen LogP contribution in [0.1, 0.15) is 30.7 Å². The summed E-state index contributed by atoms with van der Waals surface area (Å²) in [5, 5.41) is 4.82. The number of rotatable bonds is 4. The van der Waals surface area contributed by atoms with Gasteiger partial charge in [0.25, 0.3) is 0 Å². The van der Waals surface area contributed by atoms with Crippen molar-refractivity contribution in [2.75, 3.05) is 31.2 Å². The van der Waals surface area contributed by atoms with Crippen LogP contribution in [0, 0.1) is 11.6 Å². The van der Waals surface area contributed by atoms with Gasteiger partial charge in [0.15, 0.2) is 0 Å². The highest BCUT2D eigenvalue weighted by atomic mass is 19.1. The molecule has 3 aliphatic heterocycles.